The van der Waals surface area contributed by atoms with Gasteiger partial charge in [0.1, 0.15) is 11.4 Å². The number of hydrogen-bond acceptors (Lipinski definition) is 3. The second kappa shape index (κ2) is 5.41. The first-order chi connectivity index (χ1) is 10.1. The third-order valence-corrected chi connectivity index (χ3v) is 3.79. The summed E-state index contributed by atoms with van der Waals surface area (Å²) in [4.78, 5) is 0. The van der Waals surface area contributed by atoms with Crippen LogP contribution in [0.3, 0.4) is 0 Å². The number of rotatable bonds is 4. The molecule has 0 spiro atoms. The molecule has 0 amide bonds. The Kier molecular flexibility index (Phi) is 3.60. The Balaban J connectivity index is 1.73. The van der Waals surface area contributed by atoms with Crippen LogP contribution in [0.4, 0.5) is 5.69 Å². The van der Waals surface area contributed by atoms with Crippen LogP contribution >= 0.6 is 0 Å². The average Bonchev–Trinajstić information content (AvgIpc) is 2.80. The SMILES string of the molecule is CC1(C)Cc2cccc(CNc3ccc(CO)cc3)c2O1. The summed E-state index contributed by atoms with van der Waals surface area (Å²) in [7, 11) is 0. The fourth-order valence-electron chi connectivity index (χ4n) is 2.74. The van der Waals surface area contributed by atoms with Crippen LogP contribution in [0.2, 0.25) is 0 Å². The lowest BCUT2D eigenvalue weighted by molar-refractivity contribution is 0.137. The van der Waals surface area contributed by atoms with E-state index in [-0.39, 0.29) is 12.2 Å². The second-order valence-corrected chi connectivity index (χ2v) is 6.15. The van der Waals surface area contributed by atoms with Crippen molar-refractivity contribution in [3.63, 3.8) is 0 Å². The molecule has 0 saturated heterocycles. The molecule has 2 aromatic carbocycles. The molecule has 0 aliphatic carbocycles. The molecule has 0 bridgehead atoms. The van der Waals surface area contributed by atoms with Gasteiger partial charge in [-0.1, -0.05) is 30.3 Å². The number of para-hydroxylation sites is 1. The second-order valence-electron chi connectivity index (χ2n) is 6.15. The minimum absolute atomic E-state index is 0.0788. The summed E-state index contributed by atoms with van der Waals surface area (Å²) < 4.78 is 6.08. The number of aliphatic hydroxyl groups excluding tert-OH is 1. The third kappa shape index (κ3) is 3.03. The van der Waals surface area contributed by atoms with Crippen molar-refractivity contribution in [2.24, 2.45) is 0 Å². The maximum Gasteiger partial charge on any atom is 0.128 e. The first-order valence-electron chi connectivity index (χ1n) is 7.31. The zero-order chi connectivity index (χ0) is 14.9. The highest BCUT2D eigenvalue weighted by molar-refractivity contribution is 5.50. The van der Waals surface area contributed by atoms with E-state index in [1.165, 1.54) is 11.1 Å². The van der Waals surface area contributed by atoms with Gasteiger partial charge in [0.05, 0.1) is 6.61 Å². The number of aliphatic hydroxyl groups is 1. The standard InChI is InChI=1S/C18H21NO2/c1-18(2)10-14-4-3-5-15(17(14)21-18)11-19-16-8-6-13(12-20)7-9-16/h3-9,19-20H,10-12H2,1-2H3. The molecule has 2 aromatic rings. The van der Waals surface area contributed by atoms with Gasteiger partial charge in [-0.3, -0.25) is 0 Å². The Labute approximate surface area is 125 Å². The molecule has 3 rings (SSSR count). The third-order valence-electron chi connectivity index (χ3n) is 3.79. The Morgan fingerprint density at radius 2 is 1.90 bits per heavy atom. The molecule has 3 heteroatoms. The fourth-order valence-corrected chi connectivity index (χ4v) is 2.74. The zero-order valence-corrected chi connectivity index (χ0v) is 12.5. The van der Waals surface area contributed by atoms with Gasteiger partial charge in [0.2, 0.25) is 0 Å². The summed E-state index contributed by atoms with van der Waals surface area (Å²) in [6, 6.07) is 14.2. The van der Waals surface area contributed by atoms with E-state index in [1.54, 1.807) is 0 Å². The summed E-state index contributed by atoms with van der Waals surface area (Å²) in [6.45, 7) is 5.06. The molecule has 0 unspecified atom stereocenters. The van der Waals surface area contributed by atoms with Gasteiger partial charge < -0.3 is 15.2 Å². The van der Waals surface area contributed by atoms with Gasteiger partial charge in [-0.2, -0.15) is 0 Å². The Morgan fingerprint density at radius 3 is 2.62 bits per heavy atom. The number of anilines is 1. The van der Waals surface area contributed by atoms with Crippen molar-refractivity contribution < 1.29 is 9.84 Å². The predicted octanol–water partition coefficient (Wildman–Crippen LogP) is 3.50. The molecule has 0 aromatic heterocycles. The molecule has 2 N–H and O–H groups in total. The smallest absolute Gasteiger partial charge is 0.128 e. The number of fused-ring (bicyclic) bond motifs is 1. The van der Waals surface area contributed by atoms with E-state index >= 15 is 0 Å². The average molecular weight is 283 g/mol. The van der Waals surface area contributed by atoms with Crippen LogP contribution in [0, 0.1) is 0 Å². The summed E-state index contributed by atoms with van der Waals surface area (Å²) in [5, 5.41) is 12.5. The highest BCUT2D eigenvalue weighted by Gasteiger charge is 2.31. The van der Waals surface area contributed by atoms with E-state index in [0.717, 1.165) is 30.0 Å². The lowest BCUT2D eigenvalue weighted by Crippen LogP contribution is -2.25. The van der Waals surface area contributed by atoms with Gasteiger partial charge >= 0.3 is 0 Å². The van der Waals surface area contributed by atoms with Crippen LogP contribution in [0.5, 0.6) is 5.75 Å². The van der Waals surface area contributed by atoms with E-state index in [2.05, 4.69) is 37.4 Å². The van der Waals surface area contributed by atoms with Gasteiger partial charge in [0.25, 0.3) is 0 Å². The minimum Gasteiger partial charge on any atom is -0.487 e. The highest BCUT2D eigenvalue weighted by Crippen LogP contribution is 2.37. The van der Waals surface area contributed by atoms with Crippen LogP contribution < -0.4 is 10.1 Å². The molecular formula is C18H21NO2. The molecule has 0 fully saturated rings. The van der Waals surface area contributed by atoms with E-state index in [0.29, 0.717) is 0 Å². The highest BCUT2D eigenvalue weighted by atomic mass is 16.5. The van der Waals surface area contributed by atoms with Crippen molar-refractivity contribution in [3.05, 3.63) is 59.2 Å². The number of hydrogen-bond donors (Lipinski definition) is 2. The molecule has 110 valence electrons. The zero-order valence-electron chi connectivity index (χ0n) is 12.5. The van der Waals surface area contributed by atoms with Crippen molar-refractivity contribution in [3.8, 4) is 5.75 Å². The van der Waals surface area contributed by atoms with Crippen molar-refractivity contribution >= 4 is 5.69 Å². The molecule has 3 nitrogen and oxygen atoms in total. The van der Waals surface area contributed by atoms with Crippen molar-refractivity contribution in [1.29, 1.82) is 0 Å². The van der Waals surface area contributed by atoms with Gasteiger partial charge in [0.15, 0.2) is 0 Å². The van der Waals surface area contributed by atoms with E-state index in [1.807, 2.05) is 24.3 Å². The van der Waals surface area contributed by atoms with Crippen LogP contribution in [-0.2, 0) is 19.6 Å². The van der Waals surface area contributed by atoms with Gasteiger partial charge in [-0.15, -0.1) is 0 Å². The molecular weight excluding hydrogens is 262 g/mol. The normalized spacial score (nSPS) is 15.4. The molecule has 21 heavy (non-hydrogen) atoms. The van der Waals surface area contributed by atoms with Crippen molar-refractivity contribution in [2.75, 3.05) is 5.32 Å². The lowest BCUT2D eigenvalue weighted by Gasteiger charge is -2.18. The molecule has 1 aliphatic rings. The largest absolute Gasteiger partial charge is 0.487 e. The predicted molar refractivity (Wildman–Crippen MR) is 84.5 cm³/mol. The Hall–Kier alpha value is -2.00. The molecule has 0 radical (unpaired) electrons. The van der Waals surface area contributed by atoms with Gasteiger partial charge in [0, 0.05) is 24.2 Å². The van der Waals surface area contributed by atoms with Crippen LogP contribution in [0.1, 0.15) is 30.5 Å². The Morgan fingerprint density at radius 1 is 1.14 bits per heavy atom. The van der Waals surface area contributed by atoms with Crippen molar-refractivity contribution in [1.82, 2.24) is 0 Å². The summed E-state index contributed by atoms with van der Waals surface area (Å²) in [5.74, 6) is 1.03. The van der Waals surface area contributed by atoms with Crippen LogP contribution in [0.15, 0.2) is 42.5 Å². The number of ether oxygens (including phenoxy) is 1. The Bertz CT molecular complexity index is 632. The van der Waals surface area contributed by atoms with Gasteiger partial charge in [-0.25, -0.2) is 0 Å². The number of benzene rings is 2. The molecule has 1 heterocycles. The lowest BCUT2D eigenvalue weighted by atomic mass is 10.0. The number of nitrogens with one attached hydrogen (secondary N) is 1. The van der Waals surface area contributed by atoms with Crippen molar-refractivity contribution in [2.45, 2.75) is 39.0 Å². The van der Waals surface area contributed by atoms with Crippen LogP contribution in [-0.4, -0.2) is 10.7 Å². The summed E-state index contributed by atoms with van der Waals surface area (Å²) >= 11 is 0. The van der Waals surface area contributed by atoms with Crippen LogP contribution in [0.25, 0.3) is 0 Å². The maximum absolute atomic E-state index is 9.05. The van der Waals surface area contributed by atoms with E-state index in [9.17, 15) is 0 Å². The minimum atomic E-state index is -0.110. The van der Waals surface area contributed by atoms with Gasteiger partial charge in [-0.05, 0) is 37.1 Å². The molecule has 0 atom stereocenters. The maximum atomic E-state index is 9.05. The first-order valence-corrected chi connectivity index (χ1v) is 7.31. The summed E-state index contributed by atoms with van der Waals surface area (Å²) in [5.41, 5.74) is 4.33. The topological polar surface area (TPSA) is 41.5 Å². The molecule has 0 saturated carbocycles. The van der Waals surface area contributed by atoms with E-state index in [4.69, 9.17) is 9.84 Å². The summed E-state index contributed by atoms with van der Waals surface area (Å²) in [6.07, 6.45) is 0.960. The monoisotopic (exact) mass is 283 g/mol. The quantitative estimate of drug-likeness (QED) is 0.902. The fraction of sp³-hybridized carbons (Fsp3) is 0.333. The van der Waals surface area contributed by atoms with E-state index < -0.39 is 0 Å². The molecule has 1 aliphatic heterocycles. The first kappa shape index (κ1) is 14.0.